The van der Waals surface area contributed by atoms with Gasteiger partial charge in [-0.1, -0.05) is 46.9 Å². The van der Waals surface area contributed by atoms with E-state index in [1.54, 1.807) is 24.3 Å². The lowest BCUT2D eigenvalue weighted by molar-refractivity contribution is -0.145. The first-order chi connectivity index (χ1) is 7.04. The van der Waals surface area contributed by atoms with Gasteiger partial charge in [0.25, 0.3) is 0 Å². The molecule has 0 radical (unpaired) electrons. The minimum atomic E-state index is -1.23. The van der Waals surface area contributed by atoms with Crippen molar-refractivity contribution in [2.75, 3.05) is 0 Å². The fourth-order valence-corrected chi connectivity index (χ4v) is 0.428. The molecule has 1 rings (SSSR count). The van der Waals surface area contributed by atoms with Gasteiger partial charge in [-0.05, 0) is 19.1 Å². The van der Waals surface area contributed by atoms with Crippen molar-refractivity contribution in [1.82, 2.24) is 0 Å². The highest BCUT2D eigenvalue weighted by molar-refractivity contribution is 5.71. The van der Waals surface area contributed by atoms with Crippen LogP contribution in [-0.2, 0) is 4.79 Å². The molecule has 0 aromatic heterocycles. The number of hydrogen-bond acceptors (Lipinski definition) is 3. The number of phenolic OH excluding ortho intramolecular Hbond substituents is 1. The van der Waals surface area contributed by atoms with Gasteiger partial charge in [-0.2, -0.15) is 0 Å². The number of carboxylic acid groups (broad SMARTS) is 1. The lowest BCUT2D eigenvalue weighted by atomic mass is 10.3. The van der Waals surface area contributed by atoms with Crippen LogP contribution in [0.2, 0.25) is 0 Å². The van der Waals surface area contributed by atoms with Crippen molar-refractivity contribution in [2.45, 2.75) is 41.7 Å². The molecular weight excluding hydrogens is 220 g/mol. The molecule has 1 unspecified atom stereocenters. The zero-order valence-electron chi connectivity index (χ0n) is 9.21. The third kappa shape index (κ3) is 20.5. The monoisotopic (exact) mass is 246 g/mol. The summed E-state index contributed by atoms with van der Waals surface area (Å²) in [5, 5.41) is 24.4. The first-order valence-corrected chi connectivity index (χ1v) is 4.69. The van der Waals surface area contributed by atoms with Crippen LogP contribution in [0.1, 0.15) is 35.6 Å². The predicted octanol–water partition coefficient (Wildman–Crippen LogP) is 3.14. The summed E-state index contributed by atoms with van der Waals surface area (Å²) in [5.41, 5.74) is 0. The number of rotatable bonds is 1. The standard InChI is InChI=1S/C6H6O.C3H6O3.C2H6.2CH4/c7-6-4-2-1-3-5-6;1-2(4)3(5)6;1-2;;/h1-5,7H;2,4H,1H3,(H,5,6);1-2H3;2*1H4. The van der Waals surface area contributed by atoms with E-state index in [4.69, 9.17) is 15.3 Å². The average molecular weight is 246 g/mol. The minimum Gasteiger partial charge on any atom is -0.508 e. The summed E-state index contributed by atoms with van der Waals surface area (Å²) in [5.74, 6) is -0.863. The number of aromatic hydroxyl groups is 1. The van der Waals surface area contributed by atoms with Gasteiger partial charge < -0.3 is 15.3 Å². The number of para-hydroxylation sites is 1. The first-order valence-electron chi connectivity index (χ1n) is 4.69. The zero-order chi connectivity index (χ0) is 12.3. The highest BCUT2D eigenvalue weighted by Gasteiger charge is 2.01. The maximum Gasteiger partial charge on any atom is 0.332 e. The lowest BCUT2D eigenvalue weighted by Gasteiger charge is -1.89. The summed E-state index contributed by atoms with van der Waals surface area (Å²) in [6, 6.07) is 8.71. The highest BCUT2D eigenvalue weighted by atomic mass is 16.4. The van der Waals surface area contributed by atoms with E-state index in [0.29, 0.717) is 5.75 Å². The molecule has 0 amide bonds. The molecule has 3 N–H and O–H groups in total. The van der Waals surface area contributed by atoms with Crippen molar-refractivity contribution in [2.24, 2.45) is 0 Å². The first kappa shape index (κ1) is 24.6. The van der Waals surface area contributed by atoms with E-state index in [9.17, 15) is 4.79 Å². The molecule has 0 fully saturated rings. The van der Waals surface area contributed by atoms with E-state index >= 15 is 0 Å². The molecular formula is C13H26O4. The van der Waals surface area contributed by atoms with Crippen molar-refractivity contribution >= 4 is 5.97 Å². The number of hydrogen-bond donors (Lipinski definition) is 3. The van der Waals surface area contributed by atoms with Gasteiger partial charge in [0.2, 0.25) is 0 Å². The molecule has 0 heterocycles. The largest absolute Gasteiger partial charge is 0.508 e. The van der Waals surface area contributed by atoms with E-state index in [-0.39, 0.29) is 14.9 Å². The topological polar surface area (TPSA) is 77.8 Å². The maximum atomic E-state index is 9.45. The number of carboxylic acids is 1. The van der Waals surface area contributed by atoms with E-state index in [2.05, 4.69) is 0 Å². The van der Waals surface area contributed by atoms with Gasteiger partial charge in [0.05, 0.1) is 0 Å². The fraction of sp³-hybridized carbons (Fsp3) is 0.462. The molecule has 0 saturated carbocycles. The summed E-state index contributed by atoms with van der Waals surface area (Å²) < 4.78 is 0. The maximum absolute atomic E-state index is 9.45. The Morgan fingerprint density at radius 2 is 1.41 bits per heavy atom. The fourth-order valence-electron chi connectivity index (χ4n) is 0.428. The summed E-state index contributed by atoms with van der Waals surface area (Å²) in [6.45, 7) is 5.20. The third-order valence-corrected chi connectivity index (χ3v) is 1.11. The van der Waals surface area contributed by atoms with Crippen LogP contribution in [0.3, 0.4) is 0 Å². The second-order valence-corrected chi connectivity index (χ2v) is 2.35. The predicted molar refractivity (Wildman–Crippen MR) is 72.2 cm³/mol. The van der Waals surface area contributed by atoms with Crippen LogP contribution in [0.25, 0.3) is 0 Å². The van der Waals surface area contributed by atoms with E-state index in [1.165, 1.54) is 6.92 Å². The highest BCUT2D eigenvalue weighted by Crippen LogP contribution is 2.02. The Bertz CT molecular complexity index is 245. The summed E-state index contributed by atoms with van der Waals surface area (Å²) in [4.78, 5) is 9.45. The Morgan fingerprint density at radius 1 is 1.12 bits per heavy atom. The molecule has 1 aromatic rings. The molecule has 0 saturated heterocycles. The van der Waals surface area contributed by atoms with Gasteiger partial charge in [-0.3, -0.25) is 0 Å². The molecule has 0 spiro atoms. The van der Waals surface area contributed by atoms with Gasteiger partial charge in [-0.25, -0.2) is 4.79 Å². The number of benzene rings is 1. The second kappa shape index (κ2) is 16.9. The average Bonchev–Trinajstić information content (AvgIpc) is 2.22. The van der Waals surface area contributed by atoms with Gasteiger partial charge in [0, 0.05) is 0 Å². The molecule has 0 aliphatic heterocycles. The molecule has 0 aliphatic carbocycles. The summed E-state index contributed by atoms with van der Waals surface area (Å²) >= 11 is 0. The normalized spacial score (nSPS) is 8.71. The van der Waals surface area contributed by atoms with Crippen LogP contribution in [-0.4, -0.2) is 27.4 Å². The third-order valence-electron chi connectivity index (χ3n) is 1.11. The Hall–Kier alpha value is -1.55. The molecule has 4 heteroatoms. The molecule has 17 heavy (non-hydrogen) atoms. The SMILES string of the molecule is C.C.CC.CC(O)C(=O)O.Oc1ccccc1. The molecule has 0 aliphatic rings. The zero-order valence-corrected chi connectivity index (χ0v) is 9.21. The lowest BCUT2D eigenvalue weighted by Crippen LogP contribution is -2.13. The summed E-state index contributed by atoms with van der Waals surface area (Å²) in [7, 11) is 0. The minimum absolute atomic E-state index is 0. The number of aliphatic carboxylic acids is 1. The van der Waals surface area contributed by atoms with Gasteiger partial charge in [0.15, 0.2) is 0 Å². The van der Waals surface area contributed by atoms with Crippen molar-refractivity contribution in [3.05, 3.63) is 30.3 Å². The number of aliphatic hydroxyl groups is 1. The van der Waals surface area contributed by atoms with Crippen LogP contribution in [0.5, 0.6) is 5.75 Å². The van der Waals surface area contributed by atoms with Crippen molar-refractivity contribution in [3.8, 4) is 5.75 Å². The number of carbonyl (C=O) groups is 1. The van der Waals surface area contributed by atoms with Gasteiger partial charge >= 0.3 is 5.97 Å². The Morgan fingerprint density at radius 3 is 1.53 bits per heavy atom. The Kier molecular flexibility index (Phi) is 24.4. The second-order valence-electron chi connectivity index (χ2n) is 2.35. The van der Waals surface area contributed by atoms with Crippen LogP contribution in [0.4, 0.5) is 0 Å². The Balaban J connectivity index is -0.0000000794. The van der Waals surface area contributed by atoms with Gasteiger partial charge in [0.1, 0.15) is 11.9 Å². The van der Waals surface area contributed by atoms with E-state index < -0.39 is 12.1 Å². The smallest absolute Gasteiger partial charge is 0.332 e. The molecule has 102 valence electrons. The van der Waals surface area contributed by atoms with Gasteiger partial charge in [-0.15, -0.1) is 0 Å². The van der Waals surface area contributed by atoms with Crippen LogP contribution >= 0.6 is 0 Å². The molecule has 1 aromatic carbocycles. The van der Waals surface area contributed by atoms with Crippen molar-refractivity contribution < 1.29 is 20.1 Å². The molecule has 1 atom stereocenters. The Labute approximate surface area is 105 Å². The molecule has 0 bridgehead atoms. The van der Waals surface area contributed by atoms with E-state index in [0.717, 1.165) is 0 Å². The molecule has 4 nitrogen and oxygen atoms in total. The van der Waals surface area contributed by atoms with Crippen LogP contribution < -0.4 is 0 Å². The van der Waals surface area contributed by atoms with Crippen molar-refractivity contribution in [3.63, 3.8) is 0 Å². The number of aliphatic hydroxyl groups excluding tert-OH is 1. The quantitative estimate of drug-likeness (QED) is 0.711. The summed E-state index contributed by atoms with van der Waals surface area (Å²) in [6.07, 6.45) is -1.23. The number of phenols is 1. The van der Waals surface area contributed by atoms with Crippen LogP contribution in [0, 0.1) is 0 Å². The van der Waals surface area contributed by atoms with E-state index in [1.807, 2.05) is 19.9 Å². The van der Waals surface area contributed by atoms with Crippen LogP contribution in [0.15, 0.2) is 30.3 Å². The van der Waals surface area contributed by atoms with Crippen molar-refractivity contribution in [1.29, 1.82) is 0 Å².